The molecule has 18 heavy (non-hydrogen) atoms. The lowest BCUT2D eigenvalue weighted by atomic mass is 10.2. The second-order valence-corrected chi connectivity index (χ2v) is 3.73. The van der Waals surface area contributed by atoms with Crippen molar-refractivity contribution in [3.63, 3.8) is 0 Å². The van der Waals surface area contributed by atoms with Gasteiger partial charge >= 0.3 is 12.0 Å². The fraction of sp³-hybridized carbons (Fsp3) is 0.333. The van der Waals surface area contributed by atoms with Gasteiger partial charge in [-0.3, -0.25) is 0 Å². The molecule has 0 fully saturated rings. The fourth-order valence-corrected chi connectivity index (χ4v) is 1.37. The maximum atomic E-state index is 11.6. The number of methoxy groups -OCH3 is 1. The van der Waals surface area contributed by atoms with E-state index in [9.17, 15) is 9.59 Å². The number of nitrogens with one attached hydrogen (secondary N) is 2. The summed E-state index contributed by atoms with van der Waals surface area (Å²) in [5.74, 6) is -0.697. The number of rotatable bonds is 4. The van der Waals surface area contributed by atoms with Crippen LogP contribution in [0.15, 0.2) is 24.3 Å². The van der Waals surface area contributed by atoms with Crippen molar-refractivity contribution in [1.82, 2.24) is 5.32 Å². The maximum absolute atomic E-state index is 11.6. The monoisotopic (exact) mass is 252 g/mol. The van der Waals surface area contributed by atoms with Gasteiger partial charge in [0.25, 0.3) is 0 Å². The Kier molecular flexibility index (Phi) is 5.13. The first-order valence-corrected chi connectivity index (χ1v) is 5.39. The van der Waals surface area contributed by atoms with Gasteiger partial charge in [0.2, 0.25) is 0 Å². The molecule has 0 saturated carbocycles. The number of benzene rings is 1. The molecule has 6 nitrogen and oxygen atoms in total. The Hall–Kier alpha value is -2.08. The standard InChI is InChI=1S/C12H16N2O4/c1-8-4-3-5-9(6-8)13-12(17)14-10(7-15)11(16)18-2/h3-6,10,15H,7H2,1-2H3,(H2,13,14,17). The van der Waals surface area contributed by atoms with Gasteiger partial charge in [-0.1, -0.05) is 12.1 Å². The molecule has 0 aromatic heterocycles. The number of carbonyl (C=O) groups is 2. The predicted octanol–water partition coefficient (Wildman–Crippen LogP) is 0.650. The van der Waals surface area contributed by atoms with E-state index in [4.69, 9.17) is 5.11 Å². The van der Waals surface area contributed by atoms with Gasteiger partial charge < -0.3 is 20.5 Å². The van der Waals surface area contributed by atoms with Crippen LogP contribution in [0.3, 0.4) is 0 Å². The molecular formula is C12H16N2O4. The number of esters is 1. The molecule has 2 amide bonds. The van der Waals surface area contributed by atoms with Crippen LogP contribution in [0, 0.1) is 6.92 Å². The quantitative estimate of drug-likeness (QED) is 0.687. The average molecular weight is 252 g/mol. The first-order valence-electron chi connectivity index (χ1n) is 5.39. The van der Waals surface area contributed by atoms with E-state index in [1.54, 1.807) is 18.2 Å². The number of amides is 2. The number of hydrogen-bond donors (Lipinski definition) is 3. The van der Waals surface area contributed by atoms with Crippen molar-refractivity contribution in [2.75, 3.05) is 19.0 Å². The number of urea groups is 1. The SMILES string of the molecule is COC(=O)C(CO)NC(=O)Nc1cccc(C)c1. The van der Waals surface area contributed by atoms with Crippen LogP contribution in [-0.2, 0) is 9.53 Å². The van der Waals surface area contributed by atoms with Gasteiger partial charge in [0.1, 0.15) is 0 Å². The van der Waals surface area contributed by atoms with E-state index in [1.807, 2.05) is 13.0 Å². The summed E-state index contributed by atoms with van der Waals surface area (Å²) in [4.78, 5) is 22.7. The highest BCUT2D eigenvalue weighted by molar-refractivity contribution is 5.92. The molecule has 1 rings (SSSR count). The highest BCUT2D eigenvalue weighted by Crippen LogP contribution is 2.09. The zero-order chi connectivity index (χ0) is 13.5. The first kappa shape index (κ1) is 14.0. The van der Waals surface area contributed by atoms with Crippen LogP contribution in [0.1, 0.15) is 5.56 Å². The van der Waals surface area contributed by atoms with E-state index >= 15 is 0 Å². The summed E-state index contributed by atoms with van der Waals surface area (Å²) in [6, 6.07) is 5.55. The van der Waals surface area contributed by atoms with Crippen molar-refractivity contribution in [1.29, 1.82) is 0 Å². The van der Waals surface area contributed by atoms with E-state index < -0.39 is 24.6 Å². The molecule has 98 valence electrons. The number of aryl methyl sites for hydroxylation is 1. The zero-order valence-corrected chi connectivity index (χ0v) is 10.3. The zero-order valence-electron chi connectivity index (χ0n) is 10.3. The van der Waals surface area contributed by atoms with Crippen LogP contribution in [0.4, 0.5) is 10.5 Å². The van der Waals surface area contributed by atoms with Gasteiger partial charge in [0.15, 0.2) is 6.04 Å². The molecule has 3 N–H and O–H groups in total. The number of hydrogen-bond acceptors (Lipinski definition) is 4. The molecular weight excluding hydrogens is 236 g/mol. The minimum Gasteiger partial charge on any atom is -0.467 e. The molecule has 1 unspecified atom stereocenters. The van der Waals surface area contributed by atoms with Crippen molar-refractivity contribution < 1.29 is 19.4 Å². The van der Waals surface area contributed by atoms with Crippen molar-refractivity contribution in [2.24, 2.45) is 0 Å². The van der Waals surface area contributed by atoms with E-state index in [2.05, 4.69) is 15.4 Å². The lowest BCUT2D eigenvalue weighted by molar-refractivity contribution is -0.143. The summed E-state index contributed by atoms with van der Waals surface area (Å²) in [5, 5.41) is 13.8. The van der Waals surface area contributed by atoms with Crippen LogP contribution in [-0.4, -0.2) is 36.9 Å². The minimum atomic E-state index is -1.07. The lowest BCUT2D eigenvalue weighted by Gasteiger charge is -2.14. The van der Waals surface area contributed by atoms with Gasteiger partial charge in [0, 0.05) is 5.69 Å². The Labute approximate surface area is 105 Å². The molecule has 0 heterocycles. The van der Waals surface area contributed by atoms with Crippen molar-refractivity contribution in [2.45, 2.75) is 13.0 Å². The summed E-state index contributed by atoms with van der Waals surface area (Å²) >= 11 is 0. The van der Waals surface area contributed by atoms with Crippen molar-refractivity contribution >= 4 is 17.7 Å². The third-order valence-corrected chi connectivity index (χ3v) is 2.25. The van der Waals surface area contributed by atoms with Crippen molar-refractivity contribution in [3.8, 4) is 0 Å². The van der Waals surface area contributed by atoms with Crippen LogP contribution in [0.25, 0.3) is 0 Å². The van der Waals surface area contributed by atoms with E-state index in [0.717, 1.165) is 5.56 Å². The summed E-state index contributed by atoms with van der Waals surface area (Å²) in [6.45, 7) is 1.38. The van der Waals surface area contributed by atoms with Crippen LogP contribution in [0.2, 0.25) is 0 Å². The van der Waals surface area contributed by atoms with Crippen LogP contribution in [0.5, 0.6) is 0 Å². The molecule has 0 bridgehead atoms. The minimum absolute atomic E-state index is 0.520. The van der Waals surface area contributed by atoms with Crippen LogP contribution < -0.4 is 10.6 Å². The number of ether oxygens (including phenoxy) is 1. The second kappa shape index (κ2) is 6.61. The van der Waals surface area contributed by atoms with E-state index in [0.29, 0.717) is 5.69 Å². The third-order valence-electron chi connectivity index (χ3n) is 2.25. The largest absolute Gasteiger partial charge is 0.467 e. The van der Waals surface area contributed by atoms with Crippen molar-refractivity contribution in [3.05, 3.63) is 29.8 Å². The van der Waals surface area contributed by atoms with Crippen LogP contribution >= 0.6 is 0 Å². The summed E-state index contributed by atoms with van der Waals surface area (Å²) < 4.78 is 4.43. The molecule has 1 aromatic carbocycles. The Bertz CT molecular complexity index is 434. The van der Waals surface area contributed by atoms with E-state index in [1.165, 1.54) is 7.11 Å². The molecule has 0 saturated heterocycles. The number of carbonyl (C=O) groups excluding carboxylic acids is 2. The third kappa shape index (κ3) is 4.06. The molecule has 0 aliphatic rings. The first-order chi connectivity index (χ1) is 8.56. The van der Waals surface area contributed by atoms with E-state index in [-0.39, 0.29) is 0 Å². The Morgan fingerprint density at radius 1 is 1.44 bits per heavy atom. The Morgan fingerprint density at radius 2 is 2.17 bits per heavy atom. The second-order valence-electron chi connectivity index (χ2n) is 3.73. The molecule has 6 heteroatoms. The van der Waals surface area contributed by atoms with Gasteiger partial charge in [0.05, 0.1) is 13.7 Å². The summed E-state index contributed by atoms with van der Waals surface area (Å²) in [7, 11) is 1.19. The molecule has 0 aliphatic heterocycles. The number of anilines is 1. The van der Waals surface area contributed by atoms with Gasteiger partial charge in [-0.2, -0.15) is 0 Å². The molecule has 0 spiro atoms. The molecule has 1 atom stereocenters. The van der Waals surface area contributed by atoms with Gasteiger partial charge in [-0.25, -0.2) is 9.59 Å². The molecule has 0 aliphatic carbocycles. The number of aliphatic hydroxyl groups excluding tert-OH is 1. The molecule has 0 radical (unpaired) electrons. The maximum Gasteiger partial charge on any atom is 0.330 e. The highest BCUT2D eigenvalue weighted by Gasteiger charge is 2.20. The molecule has 1 aromatic rings. The fourth-order valence-electron chi connectivity index (χ4n) is 1.37. The highest BCUT2D eigenvalue weighted by atomic mass is 16.5. The number of aliphatic hydroxyl groups is 1. The summed E-state index contributed by atoms with van der Waals surface area (Å²) in [6.07, 6.45) is 0. The smallest absolute Gasteiger partial charge is 0.330 e. The predicted molar refractivity (Wildman–Crippen MR) is 66.2 cm³/mol. The normalized spacial score (nSPS) is 11.5. The van der Waals surface area contributed by atoms with Gasteiger partial charge in [-0.15, -0.1) is 0 Å². The topological polar surface area (TPSA) is 87.7 Å². The average Bonchev–Trinajstić information content (AvgIpc) is 2.35. The Morgan fingerprint density at radius 3 is 2.72 bits per heavy atom. The van der Waals surface area contributed by atoms with Gasteiger partial charge in [-0.05, 0) is 24.6 Å². The lowest BCUT2D eigenvalue weighted by Crippen LogP contribution is -2.45. The summed E-state index contributed by atoms with van der Waals surface area (Å²) in [5.41, 5.74) is 1.61. The Balaban J connectivity index is 2.58.